The van der Waals surface area contributed by atoms with Crippen LogP contribution < -0.4 is 5.32 Å². The third-order valence-electron chi connectivity index (χ3n) is 5.35. The summed E-state index contributed by atoms with van der Waals surface area (Å²) in [5.74, 6) is 0.559. The van der Waals surface area contributed by atoms with Crippen LogP contribution in [0.15, 0.2) is 42.2 Å². The van der Waals surface area contributed by atoms with Gasteiger partial charge in [-0.1, -0.05) is 36.8 Å². The molecule has 29 heavy (non-hydrogen) atoms. The third-order valence-corrected chi connectivity index (χ3v) is 6.24. The summed E-state index contributed by atoms with van der Waals surface area (Å²) in [6.45, 7) is 4.09. The van der Waals surface area contributed by atoms with Crippen molar-refractivity contribution in [1.29, 1.82) is 0 Å². The molecule has 4 rings (SSSR count). The summed E-state index contributed by atoms with van der Waals surface area (Å²) < 4.78 is 0. The number of aliphatic hydroxyl groups excluding tert-OH is 1. The van der Waals surface area contributed by atoms with Crippen molar-refractivity contribution >= 4 is 22.9 Å². The van der Waals surface area contributed by atoms with Crippen LogP contribution in [0.2, 0.25) is 0 Å². The zero-order valence-corrected chi connectivity index (χ0v) is 17.3. The number of rotatable bonds is 6. The summed E-state index contributed by atoms with van der Waals surface area (Å²) in [4.78, 5) is 25.9. The van der Waals surface area contributed by atoms with Gasteiger partial charge < -0.3 is 10.4 Å². The maximum Gasteiger partial charge on any atom is 0.226 e. The van der Waals surface area contributed by atoms with Crippen LogP contribution in [0.1, 0.15) is 52.0 Å². The van der Waals surface area contributed by atoms with Crippen LogP contribution >= 0.6 is 11.3 Å². The van der Waals surface area contributed by atoms with Crippen molar-refractivity contribution in [2.24, 2.45) is 5.92 Å². The van der Waals surface area contributed by atoms with E-state index in [1.165, 1.54) is 35.0 Å². The van der Waals surface area contributed by atoms with Crippen molar-refractivity contribution in [2.75, 3.05) is 5.32 Å². The summed E-state index contributed by atoms with van der Waals surface area (Å²) in [6, 6.07) is 8.38. The van der Waals surface area contributed by atoms with E-state index in [2.05, 4.69) is 45.4 Å². The Hall–Kier alpha value is -2.64. The van der Waals surface area contributed by atoms with E-state index in [1.54, 1.807) is 0 Å². The lowest BCUT2D eigenvalue weighted by Crippen LogP contribution is -2.20. The standard InChI is InChI=1S/C22H24N4O2S/c1-13-4-3-5-15(6-13)8-17-11-29-22(26-17)20(28)18-10-23-12-24-21(18)25-16-7-14(2)19(27)9-16/h3-6,10-12,14,16,19,27H,7-9H2,1-2H3,(H,23,24,25)/t14-,16-,19+/m1/s1. The molecule has 1 aliphatic rings. The predicted octanol–water partition coefficient (Wildman–Crippen LogP) is 3.63. The van der Waals surface area contributed by atoms with Crippen molar-refractivity contribution in [3.8, 4) is 0 Å². The van der Waals surface area contributed by atoms with Gasteiger partial charge in [-0.05, 0) is 31.2 Å². The predicted molar refractivity (Wildman–Crippen MR) is 113 cm³/mol. The number of ketones is 1. The molecule has 1 aliphatic carbocycles. The van der Waals surface area contributed by atoms with E-state index in [9.17, 15) is 9.90 Å². The molecule has 2 aromatic heterocycles. The van der Waals surface area contributed by atoms with Gasteiger partial charge in [0, 0.05) is 24.0 Å². The highest BCUT2D eigenvalue weighted by atomic mass is 32.1. The fourth-order valence-corrected chi connectivity index (χ4v) is 4.56. The van der Waals surface area contributed by atoms with Crippen LogP contribution in [-0.2, 0) is 6.42 Å². The topological polar surface area (TPSA) is 88.0 Å². The Labute approximate surface area is 174 Å². The molecule has 2 N–H and O–H groups in total. The highest BCUT2D eigenvalue weighted by Crippen LogP contribution is 2.29. The van der Waals surface area contributed by atoms with Gasteiger partial charge in [-0.15, -0.1) is 11.3 Å². The Balaban J connectivity index is 1.51. The minimum Gasteiger partial charge on any atom is -0.393 e. The molecule has 0 spiro atoms. The van der Waals surface area contributed by atoms with Gasteiger partial charge in [0.2, 0.25) is 5.78 Å². The van der Waals surface area contributed by atoms with Gasteiger partial charge in [0.1, 0.15) is 12.1 Å². The van der Waals surface area contributed by atoms with E-state index in [-0.39, 0.29) is 23.8 Å². The molecule has 0 bridgehead atoms. The number of thiazole rings is 1. The quantitative estimate of drug-likeness (QED) is 0.606. The first-order valence-electron chi connectivity index (χ1n) is 9.79. The molecule has 3 atom stereocenters. The lowest BCUT2D eigenvalue weighted by molar-refractivity contribution is 0.103. The van der Waals surface area contributed by atoms with E-state index in [0.29, 0.717) is 29.2 Å². The number of hydrogen-bond donors (Lipinski definition) is 2. The molecule has 1 aromatic carbocycles. The fraction of sp³-hybridized carbons (Fsp3) is 0.364. The van der Waals surface area contributed by atoms with E-state index in [0.717, 1.165) is 12.1 Å². The van der Waals surface area contributed by atoms with Crippen molar-refractivity contribution in [1.82, 2.24) is 15.0 Å². The molecule has 6 nitrogen and oxygen atoms in total. The maximum atomic E-state index is 13.1. The molecule has 7 heteroatoms. The van der Waals surface area contributed by atoms with E-state index < -0.39 is 0 Å². The van der Waals surface area contributed by atoms with Gasteiger partial charge in [0.25, 0.3) is 0 Å². The Morgan fingerprint density at radius 1 is 1.34 bits per heavy atom. The molecule has 3 aromatic rings. The molecule has 1 saturated carbocycles. The number of aliphatic hydroxyl groups is 1. The van der Waals surface area contributed by atoms with Crippen molar-refractivity contribution in [3.63, 3.8) is 0 Å². The maximum absolute atomic E-state index is 13.1. The number of aromatic nitrogens is 3. The van der Waals surface area contributed by atoms with Gasteiger partial charge >= 0.3 is 0 Å². The molecule has 150 valence electrons. The monoisotopic (exact) mass is 408 g/mol. The first kappa shape index (κ1) is 19.7. The lowest BCUT2D eigenvalue weighted by atomic mass is 10.1. The largest absolute Gasteiger partial charge is 0.393 e. The van der Waals surface area contributed by atoms with Gasteiger partial charge in [-0.3, -0.25) is 4.79 Å². The van der Waals surface area contributed by atoms with Crippen LogP contribution in [0.25, 0.3) is 0 Å². The molecule has 0 saturated heterocycles. The van der Waals surface area contributed by atoms with Gasteiger partial charge in [-0.25, -0.2) is 15.0 Å². The third kappa shape index (κ3) is 4.52. The number of carbonyl (C=O) groups excluding carboxylic acids is 1. The van der Waals surface area contributed by atoms with Crippen LogP contribution in [0.3, 0.4) is 0 Å². The molecule has 0 radical (unpaired) electrons. The van der Waals surface area contributed by atoms with Gasteiger partial charge in [0.05, 0.1) is 17.4 Å². The average molecular weight is 409 g/mol. The van der Waals surface area contributed by atoms with Gasteiger partial charge in [0.15, 0.2) is 5.01 Å². The van der Waals surface area contributed by atoms with Crippen molar-refractivity contribution < 1.29 is 9.90 Å². The molecule has 0 amide bonds. The zero-order valence-electron chi connectivity index (χ0n) is 16.5. The normalized spacial score (nSPS) is 21.3. The Morgan fingerprint density at radius 2 is 2.21 bits per heavy atom. The van der Waals surface area contributed by atoms with E-state index in [1.807, 2.05) is 18.4 Å². The number of carbonyl (C=O) groups is 1. The highest BCUT2D eigenvalue weighted by Gasteiger charge is 2.31. The summed E-state index contributed by atoms with van der Waals surface area (Å²) in [7, 11) is 0. The van der Waals surface area contributed by atoms with Crippen molar-refractivity contribution in [2.45, 2.75) is 45.3 Å². The molecular formula is C22H24N4O2S. The Morgan fingerprint density at radius 3 is 2.97 bits per heavy atom. The zero-order chi connectivity index (χ0) is 20.4. The highest BCUT2D eigenvalue weighted by molar-refractivity contribution is 7.12. The molecule has 0 unspecified atom stereocenters. The van der Waals surface area contributed by atoms with Gasteiger partial charge in [-0.2, -0.15) is 0 Å². The van der Waals surface area contributed by atoms with Crippen LogP contribution in [0.4, 0.5) is 5.82 Å². The lowest BCUT2D eigenvalue weighted by Gasteiger charge is -2.14. The number of aryl methyl sites for hydroxylation is 1. The minimum absolute atomic E-state index is 0.0922. The van der Waals surface area contributed by atoms with Crippen molar-refractivity contribution in [3.05, 3.63) is 69.6 Å². The minimum atomic E-state index is -0.323. The average Bonchev–Trinajstić information content (AvgIpc) is 3.28. The Kier molecular flexibility index (Phi) is 5.69. The number of anilines is 1. The first-order valence-corrected chi connectivity index (χ1v) is 10.7. The summed E-state index contributed by atoms with van der Waals surface area (Å²) in [5.41, 5.74) is 3.67. The van der Waals surface area contributed by atoms with E-state index >= 15 is 0 Å². The molecule has 2 heterocycles. The molecule has 0 aliphatic heterocycles. The number of benzene rings is 1. The second-order valence-electron chi connectivity index (χ2n) is 7.78. The number of nitrogens with one attached hydrogen (secondary N) is 1. The van der Waals surface area contributed by atoms with Crippen LogP contribution in [0, 0.1) is 12.8 Å². The summed E-state index contributed by atoms with van der Waals surface area (Å²) in [6.07, 6.45) is 4.83. The first-order chi connectivity index (χ1) is 14.0. The molecule has 1 fully saturated rings. The van der Waals surface area contributed by atoms with Crippen LogP contribution in [0.5, 0.6) is 0 Å². The second-order valence-corrected chi connectivity index (χ2v) is 8.64. The fourth-order valence-electron chi connectivity index (χ4n) is 3.79. The number of nitrogens with zero attached hydrogens (tertiary/aromatic N) is 3. The van der Waals surface area contributed by atoms with Crippen LogP contribution in [-0.4, -0.2) is 38.0 Å². The molecular weight excluding hydrogens is 384 g/mol. The summed E-state index contributed by atoms with van der Waals surface area (Å²) in [5, 5.41) is 15.7. The van der Waals surface area contributed by atoms with E-state index in [4.69, 9.17) is 0 Å². The Bertz CT molecular complexity index is 1010. The second kappa shape index (κ2) is 8.39. The number of hydrogen-bond acceptors (Lipinski definition) is 7. The summed E-state index contributed by atoms with van der Waals surface area (Å²) >= 11 is 1.34. The smallest absolute Gasteiger partial charge is 0.226 e. The SMILES string of the molecule is Cc1cccc(Cc2csc(C(=O)c3cncnc3N[C@@H]3C[C@@H](C)[C@@H](O)C3)n2)c1.